The van der Waals surface area contributed by atoms with E-state index in [0.717, 1.165) is 12.8 Å². The van der Waals surface area contributed by atoms with E-state index in [4.69, 9.17) is 10.5 Å². The van der Waals surface area contributed by atoms with Gasteiger partial charge in [0.05, 0.1) is 0 Å². The van der Waals surface area contributed by atoms with Crippen molar-refractivity contribution in [1.29, 1.82) is 0 Å². The smallest absolute Gasteiger partial charge is 0.167 e. The predicted molar refractivity (Wildman–Crippen MR) is 52.8 cm³/mol. The molecule has 0 amide bonds. The third kappa shape index (κ3) is 1.60. The van der Waals surface area contributed by atoms with Crippen LogP contribution in [0, 0.1) is 12.7 Å². The molecular formula is C11H14FNO. The van der Waals surface area contributed by atoms with E-state index in [0.29, 0.717) is 17.9 Å². The van der Waals surface area contributed by atoms with E-state index >= 15 is 0 Å². The molecule has 14 heavy (non-hydrogen) atoms. The molecule has 0 aromatic heterocycles. The predicted octanol–water partition coefficient (Wildman–Crippen LogP) is 2.00. The molecule has 2 N–H and O–H groups in total. The van der Waals surface area contributed by atoms with E-state index in [2.05, 4.69) is 0 Å². The first kappa shape index (κ1) is 9.46. The molecule has 0 saturated heterocycles. The van der Waals surface area contributed by atoms with Crippen molar-refractivity contribution >= 4 is 0 Å². The average molecular weight is 195 g/mol. The van der Waals surface area contributed by atoms with Crippen LogP contribution in [0.4, 0.5) is 4.39 Å². The molecule has 1 aliphatic rings. The van der Waals surface area contributed by atoms with E-state index in [1.165, 1.54) is 0 Å². The van der Waals surface area contributed by atoms with Crippen LogP contribution in [-0.2, 0) is 0 Å². The summed E-state index contributed by atoms with van der Waals surface area (Å²) in [6, 6.07) is 5.17. The lowest BCUT2D eigenvalue weighted by molar-refractivity contribution is 0.179. The fourth-order valence-electron chi connectivity index (χ4n) is 1.42. The fourth-order valence-corrected chi connectivity index (χ4v) is 1.42. The zero-order chi connectivity index (χ0) is 10.2. The molecule has 1 saturated carbocycles. The van der Waals surface area contributed by atoms with Crippen molar-refractivity contribution < 1.29 is 9.13 Å². The van der Waals surface area contributed by atoms with E-state index in [-0.39, 0.29) is 11.4 Å². The Kier molecular flexibility index (Phi) is 2.19. The molecule has 0 radical (unpaired) electrons. The first-order chi connectivity index (χ1) is 6.67. The Bertz CT molecular complexity index is 347. The van der Waals surface area contributed by atoms with Crippen LogP contribution in [0.5, 0.6) is 5.75 Å². The summed E-state index contributed by atoms with van der Waals surface area (Å²) in [5, 5.41) is 0. The highest BCUT2D eigenvalue weighted by atomic mass is 19.1. The third-order valence-corrected chi connectivity index (χ3v) is 2.66. The second-order valence-corrected chi connectivity index (χ2v) is 3.88. The summed E-state index contributed by atoms with van der Waals surface area (Å²) in [5.41, 5.74) is 5.88. The number of hydrogen-bond donors (Lipinski definition) is 1. The van der Waals surface area contributed by atoms with Crippen molar-refractivity contribution in [3.63, 3.8) is 0 Å². The SMILES string of the molecule is Cc1cccc(OC2(CN)CC2)c1F. The largest absolute Gasteiger partial charge is 0.483 e. The molecule has 0 unspecified atom stereocenters. The standard InChI is InChI=1S/C11H14FNO/c1-8-3-2-4-9(10(8)12)14-11(7-13)5-6-11/h2-4H,5-7,13H2,1H3. The Morgan fingerprint density at radius 2 is 2.21 bits per heavy atom. The van der Waals surface area contributed by atoms with Gasteiger partial charge in [0, 0.05) is 6.54 Å². The summed E-state index contributed by atoms with van der Waals surface area (Å²) < 4.78 is 19.1. The molecule has 2 rings (SSSR count). The second-order valence-electron chi connectivity index (χ2n) is 3.88. The van der Waals surface area contributed by atoms with Gasteiger partial charge >= 0.3 is 0 Å². The Morgan fingerprint density at radius 3 is 2.79 bits per heavy atom. The molecule has 0 spiro atoms. The molecule has 1 aliphatic carbocycles. The van der Waals surface area contributed by atoms with E-state index < -0.39 is 0 Å². The normalized spacial score (nSPS) is 17.9. The maximum atomic E-state index is 13.5. The van der Waals surface area contributed by atoms with Gasteiger partial charge in [-0.05, 0) is 31.4 Å². The van der Waals surface area contributed by atoms with Crippen molar-refractivity contribution in [2.45, 2.75) is 25.4 Å². The summed E-state index contributed by atoms with van der Waals surface area (Å²) in [4.78, 5) is 0. The van der Waals surface area contributed by atoms with Crippen LogP contribution in [0.2, 0.25) is 0 Å². The quantitative estimate of drug-likeness (QED) is 0.800. The highest BCUT2D eigenvalue weighted by molar-refractivity contribution is 5.31. The van der Waals surface area contributed by atoms with Crippen LogP contribution < -0.4 is 10.5 Å². The highest BCUT2D eigenvalue weighted by Gasteiger charge is 2.44. The van der Waals surface area contributed by atoms with E-state index in [9.17, 15) is 4.39 Å². The average Bonchev–Trinajstić information content (AvgIpc) is 2.94. The topological polar surface area (TPSA) is 35.2 Å². The van der Waals surface area contributed by atoms with Gasteiger partial charge in [-0.25, -0.2) is 4.39 Å². The summed E-state index contributed by atoms with van der Waals surface area (Å²) in [5.74, 6) is 0.0557. The van der Waals surface area contributed by atoms with Crippen LogP contribution in [0.3, 0.4) is 0 Å². The molecule has 76 valence electrons. The molecular weight excluding hydrogens is 181 g/mol. The zero-order valence-corrected chi connectivity index (χ0v) is 8.22. The Labute approximate surface area is 82.9 Å². The van der Waals surface area contributed by atoms with Gasteiger partial charge in [0.1, 0.15) is 5.60 Å². The van der Waals surface area contributed by atoms with Crippen molar-refractivity contribution in [2.75, 3.05) is 6.54 Å². The van der Waals surface area contributed by atoms with Crippen LogP contribution in [0.15, 0.2) is 18.2 Å². The lowest BCUT2D eigenvalue weighted by Crippen LogP contribution is -2.28. The summed E-state index contributed by atoms with van der Waals surface area (Å²) in [6.07, 6.45) is 1.85. The monoisotopic (exact) mass is 195 g/mol. The van der Waals surface area contributed by atoms with Crippen molar-refractivity contribution in [3.05, 3.63) is 29.6 Å². The van der Waals surface area contributed by atoms with E-state index in [1.54, 1.807) is 25.1 Å². The first-order valence-electron chi connectivity index (χ1n) is 4.81. The number of hydrogen-bond acceptors (Lipinski definition) is 2. The minimum absolute atomic E-state index is 0.271. The number of rotatable bonds is 3. The number of aryl methyl sites for hydroxylation is 1. The molecule has 1 aromatic rings. The lowest BCUT2D eigenvalue weighted by Gasteiger charge is -2.16. The Hall–Kier alpha value is -1.09. The minimum Gasteiger partial charge on any atom is -0.483 e. The van der Waals surface area contributed by atoms with Gasteiger partial charge in [0.2, 0.25) is 0 Å². The minimum atomic E-state index is -0.283. The summed E-state index contributed by atoms with van der Waals surface area (Å²) >= 11 is 0. The van der Waals surface area contributed by atoms with Gasteiger partial charge in [0.15, 0.2) is 11.6 Å². The number of halogens is 1. The Morgan fingerprint density at radius 1 is 1.50 bits per heavy atom. The fraction of sp³-hybridized carbons (Fsp3) is 0.455. The number of ether oxygens (including phenoxy) is 1. The molecule has 0 atom stereocenters. The van der Waals surface area contributed by atoms with Gasteiger partial charge in [-0.15, -0.1) is 0 Å². The van der Waals surface area contributed by atoms with Crippen LogP contribution in [0.1, 0.15) is 18.4 Å². The maximum absolute atomic E-state index is 13.5. The first-order valence-corrected chi connectivity index (χ1v) is 4.81. The van der Waals surface area contributed by atoms with Crippen LogP contribution in [0.25, 0.3) is 0 Å². The molecule has 0 bridgehead atoms. The van der Waals surface area contributed by atoms with Gasteiger partial charge in [-0.1, -0.05) is 12.1 Å². The number of benzene rings is 1. The molecule has 1 aromatic carbocycles. The lowest BCUT2D eigenvalue weighted by atomic mass is 10.2. The molecule has 0 aliphatic heterocycles. The molecule has 2 nitrogen and oxygen atoms in total. The van der Waals surface area contributed by atoms with Gasteiger partial charge in [0.25, 0.3) is 0 Å². The van der Waals surface area contributed by atoms with Gasteiger partial charge in [-0.2, -0.15) is 0 Å². The van der Waals surface area contributed by atoms with Crippen LogP contribution >= 0.6 is 0 Å². The molecule has 1 fully saturated rings. The van der Waals surface area contributed by atoms with Crippen molar-refractivity contribution in [2.24, 2.45) is 5.73 Å². The third-order valence-electron chi connectivity index (χ3n) is 2.66. The van der Waals surface area contributed by atoms with Crippen molar-refractivity contribution in [3.8, 4) is 5.75 Å². The van der Waals surface area contributed by atoms with Crippen LogP contribution in [-0.4, -0.2) is 12.1 Å². The highest BCUT2D eigenvalue weighted by Crippen LogP contribution is 2.40. The van der Waals surface area contributed by atoms with Gasteiger partial charge < -0.3 is 10.5 Å². The summed E-state index contributed by atoms with van der Waals surface area (Å²) in [6.45, 7) is 2.19. The van der Waals surface area contributed by atoms with E-state index in [1.807, 2.05) is 0 Å². The Balaban J connectivity index is 2.21. The number of nitrogens with two attached hydrogens (primary N) is 1. The maximum Gasteiger partial charge on any atom is 0.167 e. The molecule has 3 heteroatoms. The zero-order valence-electron chi connectivity index (χ0n) is 8.22. The second kappa shape index (κ2) is 3.24. The van der Waals surface area contributed by atoms with Gasteiger partial charge in [-0.3, -0.25) is 0 Å². The van der Waals surface area contributed by atoms with Crippen molar-refractivity contribution in [1.82, 2.24) is 0 Å². The summed E-state index contributed by atoms with van der Waals surface area (Å²) in [7, 11) is 0. The molecule has 0 heterocycles.